The SMILES string of the molecule is CC1=CC(=Nc2nc(N=C3C=CC(N=Nc4cc(S(=O)(=O)[O-])c5cccc(S(=O)(=O)[O-])c5c4)C(C)=C3)nc(NCCO)n2)C=CC1N=Nc1cc(S(=O)(=O)[O-])c2cccc(S(=O)(=O)[O-])c2c1.[Na+].[Na+].[Na+].[Na+]. The summed E-state index contributed by atoms with van der Waals surface area (Å²) in [5.41, 5.74) is 1.41. The first-order chi connectivity index (χ1) is 31.0. The van der Waals surface area contributed by atoms with Gasteiger partial charge in [0, 0.05) is 28.1 Å². The summed E-state index contributed by atoms with van der Waals surface area (Å²) in [7, 11) is -20.4. The van der Waals surface area contributed by atoms with Gasteiger partial charge in [-0.3, -0.25) is 0 Å². The minimum Gasteiger partial charge on any atom is -0.744 e. The zero-order valence-electron chi connectivity index (χ0n) is 37.8. The maximum absolute atomic E-state index is 12.1. The standard InChI is InChI=1S/C39H34N10O13S4.4Na/c1-21-15-23(9-11-31(21)48-46-25-17-29-27(35(19-25)65(57,58)59)5-3-7-33(29)63(51,52)53)41-38-43-37(40-13-14-50)44-39(45-38)42-24-10-12-32(22(2)16-24)49-47-26-18-30-28(36(20-26)66(60,61)62)6-4-8-34(30)64(54,55)56;;;;/h3-12,15-20,31-32,50H,13-14H2,1-2H3,(H,51,52,53)(H,54,55,56)(H,57,58,59)(H,60,61,62)(H,40,43,44,45);;;;/q;4*+1/p-4. The fourth-order valence-electron chi connectivity index (χ4n) is 6.59. The van der Waals surface area contributed by atoms with Crippen molar-refractivity contribution in [3.8, 4) is 0 Å². The molecule has 0 bridgehead atoms. The molecule has 0 amide bonds. The summed E-state index contributed by atoms with van der Waals surface area (Å²) >= 11 is 0. The van der Waals surface area contributed by atoms with Gasteiger partial charge in [-0.1, -0.05) is 36.4 Å². The number of hydrogen-bond donors (Lipinski definition) is 2. The average Bonchev–Trinajstić information content (AvgIpc) is 3.22. The molecule has 2 aliphatic rings. The van der Waals surface area contributed by atoms with Crippen LogP contribution in [0.5, 0.6) is 0 Å². The number of aliphatic hydroxyl groups is 1. The van der Waals surface area contributed by atoms with E-state index in [0.717, 1.165) is 48.5 Å². The first-order valence-electron chi connectivity index (χ1n) is 18.8. The first kappa shape index (κ1) is 61.6. The molecule has 0 spiro atoms. The molecule has 0 saturated heterocycles. The zero-order chi connectivity index (χ0) is 47.8. The number of nitrogens with one attached hydrogen (secondary N) is 1. The quantitative estimate of drug-likeness (QED) is 0.0628. The van der Waals surface area contributed by atoms with Crippen LogP contribution in [-0.2, 0) is 40.5 Å². The van der Waals surface area contributed by atoms with Crippen LogP contribution in [0.3, 0.4) is 0 Å². The molecule has 0 fully saturated rings. The number of rotatable bonds is 13. The number of anilines is 1. The van der Waals surface area contributed by atoms with Gasteiger partial charge in [-0.2, -0.15) is 35.4 Å². The molecule has 0 aliphatic heterocycles. The maximum atomic E-state index is 12.1. The molecule has 2 aliphatic carbocycles. The molecule has 342 valence electrons. The van der Waals surface area contributed by atoms with Crippen LogP contribution in [0.2, 0.25) is 0 Å². The second-order valence-corrected chi connectivity index (χ2v) is 19.6. The van der Waals surface area contributed by atoms with Crippen molar-refractivity contribution in [3.05, 3.63) is 108 Å². The van der Waals surface area contributed by atoms with Gasteiger partial charge in [0.15, 0.2) is 0 Å². The third-order valence-corrected chi connectivity index (χ3v) is 13.1. The number of aliphatic imine (C=N–C) groups is 2. The third kappa shape index (κ3) is 15.2. The van der Waals surface area contributed by atoms with Crippen LogP contribution in [0.15, 0.2) is 158 Å². The number of azo groups is 2. The van der Waals surface area contributed by atoms with Crippen molar-refractivity contribution in [2.75, 3.05) is 18.5 Å². The van der Waals surface area contributed by atoms with Gasteiger partial charge in [0.25, 0.3) is 11.9 Å². The number of hydrogen-bond acceptors (Lipinski definition) is 23. The van der Waals surface area contributed by atoms with Crippen molar-refractivity contribution in [1.29, 1.82) is 0 Å². The number of aliphatic hydroxyl groups excluding tert-OH is 1. The van der Waals surface area contributed by atoms with E-state index < -0.39 is 72.1 Å². The second kappa shape index (κ2) is 25.0. The Labute approximate surface area is 489 Å². The van der Waals surface area contributed by atoms with Crippen molar-refractivity contribution < 1.29 is 175 Å². The van der Waals surface area contributed by atoms with E-state index in [2.05, 4.69) is 50.7 Å². The van der Waals surface area contributed by atoms with Crippen molar-refractivity contribution in [2.24, 2.45) is 30.4 Å². The Morgan fingerprint density at radius 3 is 1.29 bits per heavy atom. The van der Waals surface area contributed by atoms with Gasteiger partial charge in [0.05, 0.1) is 49.0 Å². The molecule has 70 heavy (non-hydrogen) atoms. The van der Waals surface area contributed by atoms with Crippen molar-refractivity contribution in [2.45, 2.75) is 45.5 Å². The molecular formula is C39H30N10Na4O13S4. The van der Waals surface area contributed by atoms with Crippen LogP contribution < -0.4 is 124 Å². The minimum atomic E-state index is -5.14. The van der Waals surface area contributed by atoms with Gasteiger partial charge >= 0.3 is 118 Å². The summed E-state index contributed by atoms with van der Waals surface area (Å²) in [6, 6.07) is 9.26. The van der Waals surface area contributed by atoms with E-state index in [0.29, 0.717) is 22.6 Å². The van der Waals surface area contributed by atoms with Gasteiger partial charge in [0.1, 0.15) is 52.6 Å². The summed E-state index contributed by atoms with van der Waals surface area (Å²) < 4.78 is 144. The van der Waals surface area contributed by atoms with E-state index in [-0.39, 0.29) is 182 Å². The number of fused-ring (bicyclic) bond motifs is 2. The molecule has 1 aromatic heterocycles. The predicted molar refractivity (Wildman–Crippen MR) is 232 cm³/mol. The Kier molecular flexibility index (Phi) is 22.0. The van der Waals surface area contributed by atoms with E-state index in [1.165, 1.54) is 12.1 Å². The molecule has 2 atom stereocenters. The van der Waals surface area contributed by atoms with Gasteiger partial charge in [0.2, 0.25) is 5.95 Å². The van der Waals surface area contributed by atoms with E-state index in [1.54, 1.807) is 50.3 Å². The van der Waals surface area contributed by atoms with Gasteiger partial charge in [-0.25, -0.2) is 43.7 Å². The van der Waals surface area contributed by atoms with E-state index in [4.69, 9.17) is 0 Å². The average molecular weight is 1070 g/mol. The molecule has 7 rings (SSSR count). The molecule has 31 heteroatoms. The Morgan fingerprint density at radius 2 is 0.943 bits per heavy atom. The predicted octanol–water partition coefficient (Wildman–Crippen LogP) is -7.30. The number of benzene rings is 4. The van der Waals surface area contributed by atoms with E-state index >= 15 is 0 Å². The molecule has 4 aromatic carbocycles. The summed E-state index contributed by atoms with van der Waals surface area (Å²) in [5.74, 6) is -0.187. The summed E-state index contributed by atoms with van der Waals surface area (Å²) in [5, 5.41) is 27.6. The topological polar surface area (TPSA) is 374 Å². The third-order valence-electron chi connectivity index (χ3n) is 9.53. The second-order valence-electron chi connectivity index (χ2n) is 14.2. The van der Waals surface area contributed by atoms with Crippen LogP contribution in [0, 0.1) is 0 Å². The van der Waals surface area contributed by atoms with Gasteiger partial charge in [-0.15, -0.1) is 0 Å². The monoisotopic (exact) mass is 1070 g/mol. The van der Waals surface area contributed by atoms with Gasteiger partial charge < -0.3 is 28.6 Å². The fraction of sp³-hybridized carbons (Fsp3) is 0.154. The number of allylic oxidation sites excluding steroid dienone is 4. The molecule has 5 aromatic rings. The molecule has 0 saturated carbocycles. The molecule has 2 unspecified atom stereocenters. The molecule has 1 heterocycles. The molecule has 0 radical (unpaired) electrons. The van der Waals surface area contributed by atoms with Crippen LogP contribution in [-0.4, -0.2) is 109 Å². The first-order valence-corrected chi connectivity index (χ1v) is 24.4. The summed E-state index contributed by atoms with van der Waals surface area (Å²) in [6.45, 7) is 3.16. The molecule has 2 N–H and O–H groups in total. The minimum absolute atomic E-state index is 0. The molecular weight excluding hydrogens is 1040 g/mol. The fourth-order valence-corrected chi connectivity index (χ4v) is 9.38. The van der Waals surface area contributed by atoms with E-state index in [1.807, 2.05) is 0 Å². The molecule has 23 nitrogen and oxygen atoms in total. The van der Waals surface area contributed by atoms with Crippen LogP contribution in [0.4, 0.5) is 29.2 Å². The van der Waals surface area contributed by atoms with Crippen LogP contribution >= 0.6 is 0 Å². The van der Waals surface area contributed by atoms with Crippen molar-refractivity contribution >= 4 is 103 Å². The Hall–Kier alpha value is -2.69. The van der Waals surface area contributed by atoms with Crippen molar-refractivity contribution in [3.63, 3.8) is 0 Å². The van der Waals surface area contributed by atoms with Crippen LogP contribution in [0.1, 0.15) is 13.8 Å². The smallest absolute Gasteiger partial charge is 0.744 e. The van der Waals surface area contributed by atoms with E-state index in [9.17, 15) is 57.0 Å². The zero-order valence-corrected chi connectivity index (χ0v) is 49.1. The number of nitrogens with zero attached hydrogens (tertiary/aromatic N) is 9. The Bertz CT molecular complexity index is 3370. The Morgan fingerprint density at radius 1 is 0.557 bits per heavy atom. The number of aromatic nitrogens is 3. The van der Waals surface area contributed by atoms with Crippen molar-refractivity contribution in [1.82, 2.24) is 15.0 Å². The van der Waals surface area contributed by atoms with Crippen LogP contribution in [0.25, 0.3) is 21.5 Å². The maximum Gasteiger partial charge on any atom is 1.00 e. The largest absolute Gasteiger partial charge is 1.00 e. The summed E-state index contributed by atoms with van der Waals surface area (Å²) in [6.07, 6.45) is 9.50. The normalized spacial score (nSPS) is 17.5. The summed E-state index contributed by atoms with van der Waals surface area (Å²) in [4.78, 5) is 18.8. The van der Waals surface area contributed by atoms with Gasteiger partial charge in [-0.05, 0) is 85.7 Å². The Balaban J connectivity index is 0.00000324.